The molecule has 0 N–H and O–H groups in total. The lowest BCUT2D eigenvalue weighted by atomic mass is 10.0. The zero-order chi connectivity index (χ0) is 11.5. The van der Waals surface area contributed by atoms with Gasteiger partial charge in [0.25, 0.3) is 0 Å². The van der Waals surface area contributed by atoms with E-state index in [1.807, 2.05) is 0 Å². The van der Waals surface area contributed by atoms with Crippen LogP contribution < -0.4 is 0 Å². The Bertz CT molecular complexity index is 398. The molecule has 1 aromatic rings. The molecule has 1 fully saturated rings. The highest BCUT2D eigenvalue weighted by Gasteiger charge is 2.17. The molecule has 0 radical (unpaired) electrons. The van der Waals surface area contributed by atoms with Crippen molar-refractivity contribution < 1.29 is 4.79 Å². The van der Waals surface area contributed by atoms with E-state index in [0.717, 1.165) is 25.9 Å². The number of benzene rings is 1. The Labute approximate surface area is 97.3 Å². The molecular formula is C14H19NO. The molecule has 1 aliphatic heterocycles. The molecule has 0 spiro atoms. The van der Waals surface area contributed by atoms with Crippen LogP contribution in [0.1, 0.15) is 29.5 Å². The molecule has 16 heavy (non-hydrogen) atoms. The lowest BCUT2D eigenvalue weighted by Crippen LogP contribution is -2.35. The molecule has 0 aromatic heterocycles. The summed E-state index contributed by atoms with van der Waals surface area (Å²) in [5.41, 5.74) is 3.97. The first-order chi connectivity index (χ1) is 7.65. The van der Waals surface area contributed by atoms with E-state index in [9.17, 15) is 4.79 Å². The van der Waals surface area contributed by atoms with E-state index >= 15 is 0 Å². The van der Waals surface area contributed by atoms with Crippen LogP contribution in [0.3, 0.4) is 0 Å². The summed E-state index contributed by atoms with van der Waals surface area (Å²) in [6, 6.07) is 6.53. The van der Waals surface area contributed by atoms with Gasteiger partial charge in [-0.2, -0.15) is 0 Å². The highest BCUT2D eigenvalue weighted by atomic mass is 16.1. The number of nitrogens with zero attached hydrogens (tertiary/aromatic N) is 1. The molecule has 1 saturated heterocycles. The predicted molar refractivity (Wildman–Crippen MR) is 65.4 cm³/mol. The van der Waals surface area contributed by atoms with Crippen molar-refractivity contribution in [3.8, 4) is 0 Å². The second kappa shape index (κ2) is 4.79. The van der Waals surface area contributed by atoms with Gasteiger partial charge in [-0.3, -0.25) is 9.69 Å². The van der Waals surface area contributed by atoms with Gasteiger partial charge in [0, 0.05) is 13.0 Å². The Morgan fingerprint density at radius 2 is 2.12 bits per heavy atom. The summed E-state index contributed by atoms with van der Waals surface area (Å²) in [5.74, 6) is 0.386. The average molecular weight is 217 g/mol. The lowest BCUT2D eigenvalue weighted by molar-refractivity contribution is -0.122. The Hall–Kier alpha value is -1.15. The average Bonchev–Trinajstić information content (AvgIpc) is 2.24. The summed E-state index contributed by atoms with van der Waals surface area (Å²) in [6.07, 6.45) is 1.78. The quantitative estimate of drug-likeness (QED) is 0.758. The summed E-state index contributed by atoms with van der Waals surface area (Å²) in [7, 11) is 0. The molecule has 0 atom stereocenters. The second-order valence-corrected chi connectivity index (χ2v) is 4.78. The molecule has 0 aliphatic carbocycles. The number of hydrogen-bond donors (Lipinski definition) is 0. The zero-order valence-corrected chi connectivity index (χ0v) is 10.1. The fourth-order valence-electron chi connectivity index (χ4n) is 2.25. The highest BCUT2D eigenvalue weighted by molar-refractivity contribution is 5.81. The van der Waals surface area contributed by atoms with Crippen LogP contribution in [-0.2, 0) is 11.3 Å². The van der Waals surface area contributed by atoms with Crippen LogP contribution in [-0.4, -0.2) is 23.8 Å². The number of carbonyl (C=O) groups is 1. The SMILES string of the molecule is Cc1ccc(C)c(CN2CCCC(=O)C2)c1. The normalized spacial score (nSPS) is 17.8. The first-order valence-electron chi connectivity index (χ1n) is 5.95. The maximum Gasteiger partial charge on any atom is 0.146 e. The minimum Gasteiger partial charge on any atom is -0.298 e. The molecule has 2 nitrogen and oxygen atoms in total. The Morgan fingerprint density at radius 3 is 2.88 bits per heavy atom. The van der Waals surface area contributed by atoms with E-state index in [2.05, 4.69) is 36.9 Å². The maximum atomic E-state index is 11.4. The van der Waals surface area contributed by atoms with Gasteiger partial charge in [0.05, 0.1) is 6.54 Å². The fourth-order valence-corrected chi connectivity index (χ4v) is 2.25. The van der Waals surface area contributed by atoms with Crippen molar-refractivity contribution in [1.29, 1.82) is 0 Å². The number of hydrogen-bond acceptors (Lipinski definition) is 2. The van der Waals surface area contributed by atoms with Crippen LogP contribution in [0.4, 0.5) is 0 Å². The standard InChI is InChI=1S/C14H19NO/c1-11-5-6-12(2)13(8-11)9-15-7-3-4-14(16)10-15/h5-6,8H,3-4,7,9-10H2,1-2H3. The molecule has 86 valence electrons. The fraction of sp³-hybridized carbons (Fsp3) is 0.500. The van der Waals surface area contributed by atoms with Gasteiger partial charge < -0.3 is 0 Å². The number of piperidine rings is 1. The van der Waals surface area contributed by atoms with Crippen LogP contribution in [0.5, 0.6) is 0 Å². The third kappa shape index (κ3) is 2.70. The Kier molecular flexibility index (Phi) is 3.39. The highest BCUT2D eigenvalue weighted by Crippen LogP contribution is 2.15. The summed E-state index contributed by atoms with van der Waals surface area (Å²) in [4.78, 5) is 13.6. The van der Waals surface area contributed by atoms with Gasteiger partial charge in [0.15, 0.2) is 0 Å². The zero-order valence-electron chi connectivity index (χ0n) is 10.1. The first kappa shape index (κ1) is 11.3. The van der Waals surface area contributed by atoms with Crippen LogP contribution >= 0.6 is 0 Å². The van der Waals surface area contributed by atoms with Crippen molar-refractivity contribution in [1.82, 2.24) is 4.90 Å². The van der Waals surface area contributed by atoms with Gasteiger partial charge in [-0.25, -0.2) is 0 Å². The number of Topliss-reactive ketones (excluding diaryl/α,β-unsaturated/α-hetero) is 1. The van der Waals surface area contributed by atoms with E-state index in [0.29, 0.717) is 12.3 Å². The molecule has 2 rings (SSSR count). The van der Waals surface area contributed by atoms with Crippen LogP contribution in [0.2, 0.25) is 0 Å². The molecule has 1 aromatic carbocycles. The van der Waals surface area contributed by atoms with Crippen molar-refractivity contribution in [2.24, 2.45) is 0 Å². The lowest BCUT2D eigenvalue weighted by Gasteiger charge is -2.26. The van der Waals surface area contributed by atoms with Gasteiger partial charge >= 0.3 is 0 Å². The summed E-state index contributed by atoms with van der Waals surface area (Å²) < 4.78 is 0. The summed E-state index contributed by atoms with van der Waals surface area (Å²) in [6.45, 7) is 6.86. The number of likely N-dealkylation sites (tertiary alicyclic amines) is 1. The van der Waals surface area contributed by atoms with Crippen molar-refractivity contribution in [3.63, 3.8) is 0 Å². The molecule has 0 unspecified atom stereocenters. The van der Waals surface area contributed by atoms with E-state index in [1.54, 1.807) is 0 Å². The summed E-state index contributed by atoms with van der Waals surface area (Å²) in [5, 5.41) is 0. The predicted octanol–water partition coefficient (Wildman–Crippen LogP) is 2.47. The summed E-state index contributed by atoms with van der Waals surface area (Å²) >= 11 is 0. The van der Waals surface area contributed by atoms with E-state index < -0.39 is 0 Å². The molecule has 2 heteroatoms. The Morgan fingerprint density at radius 1 is 1.31 bits per heavy atom. The second-order valence-electron chi connectivity index (χ2n) is 4.78. The van der Waals surface area contributed by atoms with Gasteiger partial charge in [-0.15, -0.1) is 0 Å². The number of ketones is 1. The van der Waals surface area contributed by atoms with Gasteiger partial charge in [0.1, 0.15) is 5.78 Å². The number of aryl methyl sites for hydroxylation is 2. The van der Waals surface area contributed by atoms with Crippen molar-refractivity contribution in [3.05, 3.63) is 34.9 Å². The van der Waals surface area contributed by atoms with Gasteiger partial charge in [0.2, 0.25) is 0 Å². The largest absolute Gasteiger partial charge is 0.298 e. The van der Waals surface area contributed by atoms with Crippen molar-refractivity contribution in [2.75, 3.05) is 13.1 Å². The minimum absolute atomic E-state index is 0.386. The van der Waals surface area contributed by atoms with Crippen LogP contribution in [0, 0.1) is 13.8 Å². The molecule has 0 amide bonds. The third-order valence-electron chi connectivity index (χ3n) is 3.23. The van der Waals surface area contributed by atoms with Gasteiger partial charge in [-0.1, -0.05) is 23.8 Å². The third-order valence-corrected chi connectivity index (χ3v) is 3.23. The van der Waals surface area contributed by atoms with E-state index in [1.165, 1.54) is 16.7 Å². The van der Waals surface area contributed by atoms with Crippen molar-refractivity contribution >= 4 is 5.78 Å². The van der Waals surface area contributed by atoms with E-state index in [4.69, 9.17) is 0 Å². The molecule has 0 saturated carbocycles. The molecule has 0 bridgehead atoms. The van der Waals surface area contributed by atoms with Crippen LogP contribution in [0.25, 0.3) is 0 Å². The molecular weight excluding hydrogens is 198 g/mol. The van der Waals surface area contributed by atoms with Crippen LogP contribution in [0.15, 0.2) is 18.2 Å². The molecule has 1 heterocycles. The first-order valence-corrected chi connectivity index (χ1v) is 5.95. The van der Waals surface area contributed by atoms with Crippen molar-refractivity contribution in [2.45, 2.75) is 33.2 Å². The molecule has 1 aliphatic rings. The smallest absolute Gasteiger partial charge is 0.146 e. The number of carbonyl (C=O) groups excluding carboxylic acids is 1. The Balaban J connectivity index is 2.08. The number of rotatable bonds is 2. The topological polar surface area (TPSA) is 20.3 Å². The van der Waals surface area contributed by atoms with Gasteiger partial charge in [-0.05, 0) is 37.9 Å². The minimum atomic E-state index is 0.386. The monoisotopic (exact) mass is 217 g/mol. The maximum absolute atomic E-state index is 11.4. The van der Waals surface area contributed by atoms with E-state index in [-0.39, 0.29) is 0 Å².